The Morgan fingerprint density at radius 2 is 2.16 bits per heavy atom. The number of morpholine rings is 1. The monoisotopic (exact) mass is 267 g/mol. The van der Waals surface area contributed by atoms with E-state index in [1.54, 1.807) is 0 Å². The minimum Gasteiger partial charge on any atom is -0.378 e. The van der Waals surface area contributed by atoms with Crippen molar-refractivity contribution < 1.29 is 9.53 Å². The molecular formula is C14H25N3O2. The number of likely N-dealkylation sites (tertiary alicyclic amines) is 1. The van der Waals surface area contributed by atoms with Gasteiger partial charge in [0.2, 0.25) is 0 Å². The van der Waals surface area contributed by atoms with Crippen LogP contribution in [0.5, 0.6) is 0 Å². The highest BCUT2D eigenvalue weighted by Crippen LogP contribution is 2.11. The number of carbonyl (C=O) groups is 1. The molecular weight excluding hydrogens is 242 g/mol. The number of ether oxygens (including phenoxy) is 1. The molecule has 1 N–H and O–H groups in total. The summed E-state index contributed by atoms with van der Waals surface area (Å²) in [5.41, 5.74) is 0. The van der Waals surface area contributed by atoms with Crippen LogP contribution < -0.4 is 5.32 Å². The zero-order valence-corrected chi connectivity index (χ0v) is 11.6. The quantitative estimate of drug-likeness (QED) is 0.775. The highest BCUT2D eigenvalue weighted by molar-refractivity contribution is 5.74. The number of nitrogens with zero attached hydrogens (tertiary/aromatic N) is 2. The molecule has 5 nitrogen and oxygen atoms in total. The van der Waals surface area contributed by atoms with E-state index in [0.717, 1.165) is 38.9 Å². The summed E-state index contributed by atoms with van der Waals surface area (Å²) in [5.74, 6) is 0. The van der Waals surface area contributed by atoms with Crippen LogP contribution in [0, 0.1) is 0 Å². The van der Waals surface area contributed by atoms with Gasteiger partial charge < -0.3 is 19.9 Å². The van der Waals surface area contributed by atoms with E-state index in [0.29, 0.717) is 26.3 Å². The molecule has 0 aliphatic carbocycles. The van der Waals surface area contributed by atoms with E-state index in [1.807, 2.05) is 11.0 Å². The average molecular weight is 267 g/mol. The van der Waals surface area contributed by atoms with E-state index in [9.17, 15) is 4.79 Å². The summed E-state index contributed by atoms with van der Waals surface area (Å²) < 4.78 is 5.26. The first kappa shape index (κ1) is 14.3. The second-order valence-corrected chi connectivity index (χ2v) is 5.27. The topological polar surface area (TPSA) is 44.8 Å². The Morgan fingerprint density at radius 3 is 2.89 bits per heavy atom. The standard InChI is InChI=1S/C14H25N3O2/c1-2-3-6-16-7-4-5-13(12-16)15-14(18)17-8-10-19-11-9-17/h2,13H,1,3-12H2,(H,15,18). The Morgan fingerprint density at radius 1 is 1.37 bits per heavy atom. The van der Waals surface area contributed by atoms with Crippen molar-refractivity contribution in [1.82, 2.24) is 15.1 Å². The largest absolute Gasteiger partial charge is 0.378 e. The van der Waals surface area contributed by atoms with Gasteiger partial charge in [0.05, 0.1) is 13.2 Å². The molecule has 0 aromatic carbocycles. The fourth-order valence-electron chi connectivity index (χ4n) is 2.68. The maximum atomic E-state index is 12.1. The van der Waals surface area contributed by atoms with Crippen LogP contribution in [0.25, 0.3) is 0 Å². The smallest absolute Gasteiger partial charge is 0.317 e. The van der Waals surface area contributed by atoms with Crippen LogP contribution in [0.1, 0.15) is 19.3 Å². The van der Waals surface area contributed by atoms with Crippen LogP contribution >= 0.6 is 0 Å². The van der Waals surface area contributed by atoms with Crippen molar-refractivity contribution in [2.24, 2.45) is 0 Å². The van der Waals surface area contributed by atoms with Gasteiger partial charge in [-0.1, -0.05) is 6.08 Å². The zero-order valence-electron chi connectivity index (χ0n) is 11.6. The number of nitrogens with one attached hydrogen (secondary N) is 1. The van der Waals surface area contributed by atoms with Gasteiger partial charge in [0, 0.05) is 32.2 Å². The maximum absolute atomic E-state index is 12.1. The number of piperidine rings is 1. The number of amides is 2. The van der Waals surface area contributed by atoms with Gasteiger partial charge in [-0.05, 0) is 25.8 Å². The van der Waals surface area contributed by atoms with Crippen LogP contribution in [0.15, 0.2) is 12.7 Å². The molecule has 2 aliphatic heterocycles. The molecule has 1 unspecified atom stereocenters. The molecule has 0 saturated carbocycles. The van der Waals surface area contributed by atoms with Gasteiger partial charge in [0.1, 0.15) is 0 Å². The van der Waals surface area contributed by atoms with Crippen molar-refractivity contribution >= 4 is 6.03 Å². The van der Waals surface area contributed by atoms with Crippen molar-refractivity contribution in [3.63, 3.8) is 0 Å². The van der Waals surface area contributed by atoms with Crippen molar-refractivity contribution in [3.05, 3.63) is 12.7 Å². The van der Waals surface area contributed by atoms with Crippen LogP contribution in [-0.2, 0) is 4.74 Å². The Labute approximate surface area is 115 Å². The van der Waals surface area contributed by atoms with Crippen molar-refractivity contribution in [3.8, 4) is 0 Å². The number of hydrogen-bond acceptors (Lipinski definition) is 3. The molecule has 2 rings (SSSR count). The van der Waals surface area contributed by atoms with Crippen LogP contribution in [0.3, 0.4) is 0 Å². The molecule has 2 heterocycles. The molecule has 2 amide bonds. The maximum Gasteiger partial charge on any atom is 0.317 e. The van der Waals surface area contributed by atoms with Crippen molar-refractivity contribution in [1.29, 1.82) is 0 Å². The predicted molar refractivity (Wildman–Crippen MR) is 75.2 cm³/mol. The van der Waals surface area contributed by atoms with E-state index in [2.05, 4.69) is 16.8 Å². The summed E-state index contributed by atoms with van der Waals surface area (Å²) in [7, 11) is 0. The number of hydrogen-bond donors (Lipinski definition) is 1. The number of rotatable bonds is 4. The predicted octanol–water partition coefficient (Wildman–Crippen LogP) is 1.07. The first-order valence-electron chi connectivity index (χ1n) is 7.26. The normalized spacial score (nSPS) is 25.1. The summed E-state index contributed by atoms with van der Waals surface area (Å²) >= 11 is 0. The molecule has 2 aliphatic rings. The van der Waals surface area contributed by atoms with Gasteiger partial charge in [-0.25, -0.2) is 4.79 Å². The van der Waals surface area contributed by atoms with Gasteiger partial charge in [-0.2, -0.15) is 0 Å². The second-order valence-electron chi connectivity index (χ2n) is 5.27. The first-order valence-corrected chi connectivity index (χ1v) is 7.26. The molecule has 108 valence electrons. The zero-order chi connectivity index (χ0) is 13.5. The molecule has 2 fully saturated rings. The van der Waals surface area contributed by atoms with E-state index < -0.39 is 0 Å². The Bertz CT molecular complexity index is 303. The van der Waals surface area contributed by atoms with Gasteiger partial charge in [-0.3, -0.25) is 0 Å². The fraction of sp³-hybridized carbons (Fsp3) is 0.786. The lowest BCUT2D eigenvalue weighted by molar-refractivity contribution is 0.0514. The van der Waals surface area contributed by atoms with Gasteiger partial charge in [-0.15, -0.1) is 6.58 Å². The minimum absolute atomic E-state index is 0.0684. The summed E-state index contributed by atoms with van der Waals surface area (Å²) in [4.78, 5) is 16.4. The molecule has 0 spiro atoms. The molecule has 1 atom stereocenters. The van der Waals surface area contributed by atoms with Crippen molar-refractivity contribution in [2.45, 2.75) is 25.3 Å². The summed E-state index contributed by atoms with van der Waals surface area (Å²) in [6.07, 6.45) is 5.21. The SMILES string of the molecule is C=CCCN1CCCC(NC(=O)N2CCOCC2)C1. The number of urea groups is 1. The van der Waals surface area contributed by atoms with Gasteiger partial charge in [0.15, 0.2) is 0 Å². The summed E-state index contributed by atoms with van der Waals surface area (Å²) in [6, 6.07) is 0.354. The Kier molecular flexibility index (Phi) is 5.66. The Hall–Kier alpha value is -1.07. The van der Waals surface area contributed by atoms with E-state index in [-0.39, 0.29) is 12.1 Å². The lowest BCUT2D eigenvalue weighted by Crippen LogP contribution is -2.53. The third-order valence-electron chi connectivity index (χ3n) is 3.78. The highest BCUT2D eigenvalue weighted by Gasteiger charge is 2.23. The molecule has 5 heteroatoms. The van der Waals surface area contributed by atoms with E-state index in [4.69, 9.17) is 4.74 Å². The third kappa shape index (κ3) is 4.51. The molecule has 0 bridgehead atoms. The van der Waals surface area contributed by atoms with E-state index in [1.165, 1.54) is 0 Å². The van der Waals surface area contributed by atoms with Gasteiger partial charge >= 0.3 is 6.03 Å². The highest BCUT2D eigenvalue weighted by atomic mass is 16.5. The first-order chi connectivity index (χ1) is 9.29. The Balaban J connectivity index is 1.74. The minimum atomic E-state index is 0.0684. The van der Waals surface area contributed by atoms with E-state index >= 15 is 0 Å². The molecule has 0 aromatic heterocycles. The molecule has 0 aromatic rings. The molecule has 0 radical (unpaired) electrons. The fourth-order valence-corrected chi connectivity index (χ4v) is 2.68. The molecule has 19 heavy (non-hydrogen) atoms. The lowest BCUT2D eigenvalue weighted by Gasteiger charge is -2.35. The number of carbonyl (C=O) groups excluding carboxylic acids is 1. The van der Waals surface area contributed by atoms with Crippen LogP contribution in [0.4, 0.5) is 4.79 Å². The molecule has 2 saturated heterocycles. The van der Waals surface area contributed by atoms with Crippen LogP contribution in [-0.4, -0.2) is 67.8 Å². The van der Waals surface area contributed by atoms with Crippen molar-refractivity contribution in [2.75, 3.05) is 45.9 Å². The summed E-state index contributed by atoms with van der Waals surface area (Å²) in [5, 5.41) is 3.16. The average Bonchev–Trinajstić information content (AvgIpc) is 2.46. The summed E-state index contributed by atoms with van der Waals surface area (Å²) in [6.45, 7) is 9.63. The van der Waals surface area contributed by atoms with Crippen LogP contribution in [0.2, 0.25) is 0 Å². The lowest BCUT2D eigenvalue weighted by atomic mass is 10.1. The second kappa shape index (κ2) is 7.50. The third-order valence-corrected chi connectivity index (χ3v) is 3.78. The van der Waals surface area contributed by atoms with Gasteiger partial charge in [0.25, 0.3) is 0 Å².